The summed E-state index contributed by atoms with van der Waals surface area (Å²) >= 11 is 0. The number of morpholine rings is 1. The number of halogens is 1. The molecule has 0 amide bonds. The zero-order chi connectivity index (χ0) is 19.9. The van der Waals surface area contributed by atoms with Crippen molar-refractivity contribution < 1.29 is 4.74 Å². The molecule has 29 heavy (non-hydrogen) atoms. The fourth-order valence-corrected chi connectivity index (χ4v) is 3.39. The van der Waals surface area contributed by atoms with Crippen molar-refractivity contribution in [2.45, 2.75) is 33.1 Å². The van der Waals surface area contributed by atoms with E-state index in [9.17, 15) is 0 Å². The van der Waals surface area contributed by atoms with Gasteiger partial charge in [-0.1, -0.05) is 18.2 Å². The number of nitrogens with one attached hydrogen (secondary N) is 2. The molecule has 1 aliphatic rings. The molecule has 0 radical (unpaired) electrons. The van der Waals surface area contributed by atoms with E-state index in [0.717, 1.165) is 71.4 Å². The molecule has 2 N–H and O–H groups in total. The Hall–Kier alpha value is -1.06. The van der Waals surface area contributed by atoms with E-state index in [-0.39, 0.29) is 24.0 Å². The molecule has 0 saturated carbocycles. The van der Waals surface area contributed by atoms with Crippen molar-refractivity contribution in [1.82, 2.24) is 15.5 Å². The summed E-state index contributed by atoms with van der Waals surface area (Å²) in [7, 11) is 0. The summed E-state index contributed by atoms with van der Waals surface area (Å²) < 4.78 is 5.40. The Morgan fingerprint density at radius 2 is 1.83 bits per heavy atom. The van der Waals surface area contributed by atoms with Crippen LogP contribution < -0.4 is 15.5 Å². The first-order valence-electron chi connectivity index (χ1n) is 11.0. The van der Waals surface area contributed by atoms with Crippen LogP contribution in [0.2, 0.25) is 0 Å². The topological polar surface area (TPSA) is 52.1 Å². The Morgan fingerprint density at radius 1 is 1.07 bits per heavy atom. The Labute approximate surface area is 194 Å². The van der Waals surface area contributed by atoms with Gasteiger partial charge in [-0.05, 0) is 51.8 Å². The molecule has 1 fully saturated rings. The molecule has 0 bridgehead atoms. The number of hydrogen-bond acceptors (Lipinski definition) is 4. The van der Waals surface area contributed by atoms with Gasteiger partial charge in [0.05, 0.1) is 13.2 Å². The van der Waals surface area contributed by atoms with E-state index in [1.54, 1.807) is 0 Å². The van der Waals surface area contributed by atoms with E-state index in [1.807, 2.05) is 0 Å². The van der Waals surface area contributed by atoms with Crippen LogP contribution in [0, 0.1) is 0 Å². The number of nitrogens with zero attached hydrogens (tertiary/aromatic N) is 3. The van der Waals surface area contributed by atoms with E-state index >= 15 is 0 Å². The van der Waals surface area contributed by atoms with Crippen molar-refractivity contribution in [2.75, 3.05) is 70.5 Å². The molecule has 0 atom stereocenters. The van der Waals surface area contributed by atoms with E-state index < -0.39 is 0 Å². The maximum Gasteiger partial charge on any atom is 0.191 e. The largest absolute Gasteiger partial charge is 0.379 e. The highest BCUT2D eigenvalue weighted by Gasteiger charge is 2.09. The number of hydrogen-bond donors (Lipinski definition) is 2. The minimum atomic E-state index is 0. The van der Waals surface area contributed by atoms with Crippen molar-refractivity contribution in [3.63, 3.8) is 0 Å². The number of benzene rings is 1. The highest BCUT2D eigenvalue weighted by Crippen LogP contribution is 2.12. The summed E-state index contributed by atoms with van der Waals surface area (Å²) in [4.78, 5) is 9.64. The third-order valence-electron chi connectivity index (χ3n) is 5.00. The van der Waals surface area contributed by atoms with Gasteiger partial charge in [0.15, 0.2) is 5.96 Å². The summed E-state index contributed by atoms with van der Waals surface area (Å²) in [6, 6.07) is 10.6. The molecular formula is C22H40IN5O. The maximum absolute atomic E-state index is 5.40. The second-order valence-corrected chi connectivity index (χ2v) is 7.12. The van der Waals surface area contributed by atoms with Gasteiger partial charge < -0.3 is 20.3 Å². The lowest BCUT2D eigenvalue weighted by Gasteiger charge is -2.26. The van der Waals surface area contributed by atoms with Crippen LogP contribution in [0.4, 0.5) is 5.69 Å². The van der Waals surface area contributed by atoms with Gasteiger partial charge in [0.25, 0.3) is 0 Å². The number of anilines is 1. The molecule has 1 heterocycles. The second-order valence-electron chi connectivity index (χ2n) is 7.12. The lowest BCUT2D eigenvalue weighted by Crippen LogP contribution is -2.39. The summed E-state index contributed by atoms with van der Waals surface area (Å²) in [5.41, 5.74) is 1.29. The van der Waals surface area contributed by atoms with E-state index in [1.165, 1.54) is 25.1 Å². The van der Waals surface area contributed by atoms with Crippen LogP contribution in [-0.4, -0.2) is 76.4 Å². The third kappa shape index (κ3) is 11.1. The first-order chi connectivity index (χ1) is 13.8. The Balaban J connectivity index is 0.00000420. The Kier molecular flexibility index (Phi) is 15.0. The number of para-hydroxylation sites is 1. The maximum atomic E-state index is 5.40. The summed E-state index contributed by atoms with van der Waals surface area (Å²) in [6.45, 7) is 14.2. The van der Waals surface area contributed by atoms with Crippen molar-refractivity contribution in [2.24, 2.45) is 4.99 Å². The lowest BCUT2D eigenvalue weighted by molar-refractivity contribution is 0.0372. The highest BCUT2D eigenvalue weighted by molar-refractivity contribution is 14.0. The molecule has 2 rings (SSSR count). The average molecular weight is 518 g/mol. The first-order valence-corrected chi connectivity index (χ1v) is 11.0. The standard InChI is InChI=1S/C22H39N5O.HI/c1-3-23-22(24-13-8-9-15-26-17-19-28-20-18-26)25-14-10-16-27(4-2)21-11-6-5-7-12-21;/h5-7,11-12H,3-4,8-10,13-20H2,1-2H3,(H2,23,24,25);1H. The van der Waals surface area contributed by atoms with Crippen molar-refractivity contribution in [3.05, 3.63) is 30.3 Å². The van der Waals surface area contributed by atoms with Gasteiger partial charge in [0.1, 0.15) is 0 Å². The predicted octanol–water partition coefficient (Wildman–Crippen LogP) is 3.19. The number of unbranched alkanes of at least 4 members (excludes halogenated alkanes) is 1. The smallest absolute Gasteiger partial charge is 0.191 e. The summed E-state index contributed by atoms with van der Waals surface area (Å²) in [5.74, 6) is 0.941. The highest BCUT2D eigenvalue weighted by atomic mass is 127. The summed E-state index contributed by atoms with van der Waals surface area (Å²) in [6.07, 6.45) is 3.44. The summed E-state index contributed by atoms with van der Waals surface area (Å²) in [5, 5.41) is 6.83. The van der Waals surface area contributed by atoms with Crippen LogP contribution in [0.1, 0.15) is 33.1 Å². The zero-order valence-electron chi connectivity index (χ0n) is 18.2. The number of guanidine groups is 1. The fourth-order valence-electron chi connectivity index (χ4n) is 3.39. The molecule has 1 aromatic carbocycles. The monoisotopic (exact) mass is 517 g/mol. The van der Waals surface area contributed by atoms with E-state index in [2.05, 4.69) is 64.6 Å². The second kappa shape index (κ2) is 16.7. The third-order valence-corrected chi connectivity index (χ3v) is 5.00. The molecule has 1 aromatic rings. The van der Waals surface area contributed by atoms with Crippen LogP contribution >= 0.6 is 24.0 Å². The van der Waals surface area contributed by atoms with Gasteiger partial charge in [-0.15, -0.1) is 24.0 Å². The van der Waals surface area contributed by atoms with Gasteiger partial charge in [-0.3, -0.25) is 9.89 Å². The van der Waals surface area contributed by atoms with Crippen LogP contribution in [-0.2, 0) is 4.74 Å². The molecule has 0 aliphatic carbocycles. The molecule has 166 valence electrons. The van der Waals surface area contributed by atoms with Gasteiger partial charge in [0, 0.05) is 51.5 Å². The van der Waals surface area contributed by atoms with E-state index in [4.69, 9.17) is 9.73 Å². The van der Waals surface area contributed by atoms with Gasteiger partial charge in [-0.25, -0.2) is 0 Å². The van der Waals surface area contributed by atoms with Crippen LogP contribution in [0.5, 0.6) is 0 Å². The van der Waals surface area contributed by atoms with Gasteiger partial charge in [-0.2, -0.15) is 0 Å². The average Bonchev–Trinajstić information content (AvgIpc) is 2.75. The fraction of sp³-hybridized carbons (Fsp3) is 0.682. The van der Waals surface area contributed by atoms with Gasteiger partial charge in [0.2, 0.25) is 0 Å². The molecule has 7 heteroatoms. The molecular weight excluding hydrogens is 477 g/mol. The molecule has 0 unspecified atom stereocenters. The van der Waals surface area contributed by atoms with Gasteiger partial charge >= 0.3 is 0 Å². The molecule has 0 aromatic heterocycles. The van der Waals surface area contributed by atoms with Crippen molar-refractivity contribution in [3.8, 4) is 0 Å². The zero-order valence-corrected chi connectivity index (χ0v) is 20.6. The minimum Gasteiger partial charge on any atom is -0.379 e. The minimum absolute atomic E-state index is 0. The van der Waals surface area contributed by atoms with Crippen molar-refractivity contribution >= 4 is 35.6 Å². The Bertz CT molecular complexity index is 537. The Morgan fingerprint density at radius 3 is 2.52 bits per heavy atom. The lowest BCUT2D eigenvalue weighted by atomic mass is 10.2. The quantitative estimate of drug-likeness (QED) is 0.193. The number of aliphatic imine (C=N–C) groups is 1. The predicted molar refractivity (Wildman–Crippen MR) is 135 cm³/mol. The molecule has 1 aliphatic heterocycles. The van der Waals surface area contributed by atoms with Crippen LogP contribution in [0.3, 0.4) is 0 Å². The first kappa shape index (κ1) is 26.0. The van der Waals surface area contributed by atoms with E-state index in [0.29, 0.717) is 0 Å². The number of ether oxygens (including phenoxy) is 1. The van der Waals surface area contributed by atoms with Crippen LogP contribution in [0.15, 0.2) is 35.3 Å². The van der Waals surface area contributed by atoms with Crippen LogP contribution in [0.25, 0.3) is 0 Å². The SMILES string of the molecule is CCNC(=NCCCN(CC)c1ccccc1)NCCCCN1CCOCC1.I. The molecule has 6 nitrogen and oxygen atoms in total. The van der Waals surface area contributed by atoms with Crippen molar-refractivity contribution in [1.29, 1.82) is 0 Å². The molecule has 1 saturated heterocycles. The molecule has 0 spiro atoms. The normalized spacial score (nSPS) is 14.9. The number of rotatable bonds is 12.